The average Bonchev–Trinajstić information content (AvgIpc) is 2.65. The Bertz CT molecular complexity index is 331. The van der Waals surface area contributed by atoms with Crippen molar-refractivity contribution in [2.75, 3.05) is 26.2 Å². The number of halogens is 1. The lowest BCUT2D eigenvalue weighted by Crippen LogP contribution is -2.46. The summed E-state index contributed by atoms with van der Waals surface area (Å²) in [5.41, 5.74) is 0.770. The van der Waals surface area contributed by atoms with Gasteiger partial charge in [0, 0.05) is 39.4 Å². The zero-order valence-corrected chi connectivity index (χ0v) is 9.59. The Morgan fingerprint density at radius 1 is 1.40 bits per heavy atom. The average molecular weight is 230 g/mol. The van der Waals surface area contributed by atoms with Crippen LogP contribution in [0, 0.1) is 0 Å². The molecule has 0 unspecified atom stereocenters. The van der Waals surface area contributed by atoms with Crippen LogP contribution in [0.2, 0.25) is 0 Å². The SMILES string of the molecule is Cl.Cn1cccc1C(=O)N1CCNCC1. The molecule has 1 aliphatic heterocycles. The van der Waals surface area contributed by atoms with Gasteiger partial charge in [0.05, 0.1) is 0 Å². The van der Waals surface area contributed by atoms with Crippen molar-refractivity contribution in [1.29, 1.82) is 0 Å². The fourth-order valence-corrected chi connectivity index (χ4v) is 1.71. The van der Waals surface area contributed by atoms with E-state index in [0.29, 0.717) is 0 Å². The molecule has 1 N–H and O–H groups in total. The first-order valence-corrected chi connectivity index (χ1v) is 4.90. The molecule has 1 aromatic rings. The number of hydrogen-bond acceptors (Lipinski definition) is 2. The molecule has 0 bridgehead atoms. The molecule has 0 radical (unpaired) electrons. The second kappa shape index (κ2) is 5.19. The first-order chi connectivity index (χ1) is 6.79. The first kappa shape index (κ1) is 12.1. The minimum absolute atomic E-state index is 0. The quantitative estimate of drug-likeness (QED) is 0.761. The van der Waals surface area contributed by atoms with Crippen molar-refractivity contribution in [3.05, 3.63) is 24.0 Å². The van der Waals surface area contributed by atoms with Crippen LogP contribution in [0.15, 0.2) is 18.3 Å². The van der Waals surface area contributed by atoms with E-state index in [0.717, 1.165) is 31.9 Å². The summed E-state index contributed by atoms with van der Waals surface area (Å²) in [6.45, 7) is 3.42. The third-order valence-electron chi connectivity index (χ3n) is 2.57. The fraction of sp³-hybridized carbons (Fsp3) is 0.500. The van der Waals surface area contributed by atoms with Gasteiger partial charge in [0.2, 0.25) is 0 Å². The maximum absolute atomic E-state index is 12.0. The molecule has 1 amide bonds. The van der Waals surface area contributed by atoms with Crippen molar-refractivity contribution < 1.29 is 4.79 Å². The van der Waals surface area contributed by atoms with Crippen molar-refractivity contribution in [3.63, 3.8) is 0 Å². The maximum atomic E-state index is 12.0. The van der Waals surface area contributed by atoms with E-state index in [1.165, 1.54) is 0 Å². The zero-order valence-electron chi connectivity index (χ0n) is 8.77. The van der Waals surface area contributed by atoms with E-state index in [1.807, 2.05) is 34.8 Å². The molecule has 0 aliphatic carbocycles. The molecule has 0 saturated carbocycles. The Kier molecular flexibility index (Phi) is 4.17. The number of carbonyl (C=O) groups excluding carboxylic acids is 1. The van der Waals surface area contributed by atoms with Crippen LogP contribution >= 0.6 is 12.4 Å². The molecule has 0 spiro atoms. The summed E-state index contributed by atoms with van der Waals surface area (Å²) < 4.78 is 1.87. The molecule has 1 fully saturated rings. The Hall–Kier alpha value is -1.00. The highest BCUT2D eigenvalue weighted by molar-refractivity contribution is 5.92. The topological polar surface area (TPSA) is 37.3 Å². The lowest BCUT2D eigenvalue weighted by atomic mass is 10.3. The minimum Gasteiger partial charge on any atom is -0.347 e. The number of carbonyl (C=O) groups is 1. The second-order valence-corrected chi connectivity index (χ2v) is 3.55. The van der Waals surface area contributed by atoms with Crippen LogP contribution in [-0.2, 0) is 7.05 Å². The van der Waals surface area contributed by atoms with Gasteiger partial charge in [0.25, 0.3) is 5.91 Å². The van der Waals surface area contributed by atoms with Crippen LogP contribution < -0.4 is 5.32 Å². The fourth-order valence-electron chi connectivity index (χ4n) is 1.71. The molecular weight excluding hydrogens is 214 g/mol. The zero-order chi connectivity index (χ0) is 9.97. The van der Waals surface area contributed by atoms with Gasteiger partial charge in [0.1, 0.15) is 5.69 Å². The predicted molar refractivity (Wildman–Crippen MR) is 61.4 cm³/mol. The smallest absolute Gasteiger partial charge is 0.270 e. The third kappa shape index (κ3) is 2.52. The summed E-state index contributed by atoms with van der Waals surface area (Å²) >= 11 is 0. The highest BCUT2D eigenvalue weighted by Gasteiger charge is 2.19. The highest BCUT2D eigenvalue weighted by atomic mass is 35.5. The second-order valence-electron chi connectivity index (χ2n) is 3.55. The molecule has 5 heteroatoms. The summed E-state index contributed by atoms with van der Waals surface area (Å²) in [6.07, 6.45) is 1.90. The molecule has 2 rings (SSSR count). The number of amides is 1. The molecule has 1 aromatic heterocycles. The minimum atomic E-state index is 0. The Morgan fingerprint density at radius 2 is 2.07 bits per heavy atom. The van der Waals surface area contributed by atoms with Gasteiger partial charge in [-0.05, 0) is 12.1 Å². The molecule has 84 valence electrons. The Morgan fingerprint density at radius 3 is 2.60 bits per heavy atom. The van der Waals surface area contributed by atoms with Gasteiger partial charge in [-0.1, -0.05) is 0 Å². The largest absolute Gasteiger partial charge is 0.347 e. The number of nitrogens with one attached hydrogen (secondary N) is 1. The standard InChI is InChI=1S/C10H15N3O.ClH/c1-12-6-2-3-9(12)10(14)13-7-4-11-5-8-13;/h2-3,6,11H,4-5,7-8H2,1H3;1H. The number of hydrogen-bond donors (Lipinski definition) is 1. The van der Waals surface area contributed by atoms with Gasteiger partial charge in [-0.15, -0.1) is 12.4 Å². The van der Waals surface area contributed by atoms with E-state index in [9.17, 15) is 4.79 Å². The molecule has 0 aromatic carbocycles. The molecule has 0 atom stereocenters. The molecule has 15 heavy (non-hydrogen) atoms. The van der Waals surface area contributed by atoms with Gasteiger partial charge in [-0.2, -0.15) is 0 Å². The number of nitrogens with zero attached hydrogens (tertiary/aromatic N) is 2. The number of piperazine rings is 1. The van der Waals surface area contributed by atoms with Crippen LogP contribution in [0.25, 0.3) is 0 Å². The first-order valence-electron chi connectivity index (χ1n) is 4.90. The van der Waals surface area contributed by atoms with Crippen molar-refractivity contribution in [2.45, 2.75) is 0 Å². The molecular formula is C10H16ClN3O. The summed E-state index contributed by atoms with van der Waals surface area (Å²) in [5, 5.41) is 3.23. The van der Waals surface area contributed by atoms with Crippen LogP contribution in [-0.4, -0.2) is 41.6 Å². The van der Waals surface area contributed by atoms with Gasteiger partial charge in [-0.25, -0.2) is 0 Å². The normalized spacial score (nSPS) is 15.9. The van der Waals surface area contributed by atoms with Gasteiger partial charge in [0.15, 0.2) is 0 Å². The summed E-state index contributed by atoms with van der Waals surface area (Å²) in [4.78, 5) is 13.9. The van der Waals surface area contributed by atoms with Crippen LogP contribution in [0.3, 0.4) is 0 Å². The van der Waals surface area contributed by atoms with Crippen molar-refractivity contribution in [2.24, 2.45) is 7.05 Å². The van der Waals surface area contributed by atoms with Crippen LogP contribution in [0.5, 0.6) is 0 Å². The van der Waals surface area contributed by atoms with E-state index in [4.69, 9.17) is 0 Å². The van der Waals surface area contributed by atoms with E-state index < -0.39 is 0 Å². The van der Waals surface area contributed by atoms with Crippen molar-refractivity contribution in [3.8, 4) is 0 Å². The predicted octanol–water partition coefficient (Wildman–Crippen LogP) is 0.492. The van der Waals surface area contributed by atoms with E-state index >= 15 is 0 Å². The maximum Gasteiger partial charge on any atom is 0.270 e. The third-order valence-corrected chi connectivity index (χ3v) is 2.57. The highest BCUT2D eigenvalue weighted by Crippen LogP contribution is 2.05. The monoisotopic (exact) mass is 229 g/mol. The van der Waals surface area contributed by atoms with Gasteiger partial charge in [-0.3, -0.25) is 4.79 Å². The summed E-state index contributed by atoms with van der Waals surface area (Å²) in [5.74, 6) is 0.138. The number of aromatic nitrogens is 1. The summed E-state index contributed by atoms with van der Waals surface area (Å²) in [6, 6.07) is 3.76. The van der Waals surface area contributed by atoms with Gasteiger partial charge < -0.3 is 14.8 Å². The van der Waals surface area contributed by atoms with Crippen molar-refractivity contribution in [1.82, 2.24) is 14.8 Å². The Balaban J connectivity index is 0.00000112. The van der Waals surface area contributed by atoms with Gasteiger partial charge >= 0.3 is 0 Å². The molecule has 2 heterocycles. The lowest BCUT2D eigenvalue weighted by Gasteiger charge is -2.27. The number of aryl methyl sites for hydroxylation is 1. The molecule has 1 saturated heterocycles. The van der Waals surface area contributed by atoms with E-state index in [1.54, 1.807) is 0 Å². The van der Waals surface area contributed by atoms with E-state index in [2.05, 4.69) is 5.32 Å². The number of rotatable bonds is 1. The Labute approximate surface area is 95.7 Å². The lowest BCUT2D eigenvalue weighted by molar-refractivity contribution is 0.0726. The van der Waals surface area contributed by atoms with E-state index in [-0.39, 0.29) is 18.3 Å². The molecule has 4 nitrogen and oxygen atoms in total. The molecule has 1 aliphatic rings. The van der Waals surface area contributed by atoms with Crippen molar-refractivity contribution >= 4 is 18.3 Å². The van der Waals surface area contributed by atoms with Crippen LogP contribution in [0.4, 0.5) is 0 Å². The van der Waals surface area contributed by atoms with Crippen LogP contribution in [0.1, 0.15) is 10.5 Å². The summed E-state index contributed by atoms with van der Waals surface area (Å²) in [7, 11) is 1.90.